The van der Waals surface area contributed by atoms with E-state index < -0.39 is 44.8 Å². The number of aliphatic hydroxyl groups is 4. The van der Waals surface area contributed by atoms with Gasteiger partial charge in [0.05, 0.1) is 6.61 Å². The Hall–Kier alpha value is -0.580. The fourth-order valence-electron chi connectivity index (χ4n) is 0.833. The van der Waals surface area contributed by atoms with Gasteiger partial charge in [-0.05, 0) is 0 Å². The summed E-state index contributed by atoms with van der Waals surface area (Å²) in [6.45, 7) is -1.05. The number of aliphatic carboxylic acids is 1. The Morgan fingerprint density at radius 3 is 1.94 bits per heavy atom. The van der Waals surface area contributed by atoms with E-state index >= 15 is 0 Å². The predicted molar refractivity (Wildman–Crippen MR) is 49.7 cm³/mol. The van der Waals surface area contributed by atoms with Gasteiger partial charge < -0.3 is 35.3 Å². The maximum Gasteiger partial charge on any atom is 0.469 e. The van der Waals surface area contributed by atoms with E-state index in [2.05, 4.69) is 4.52 Å². The lowest BCUT2D eigenvalue weighted by molar-refractivity contribution is -0.164. The molecule has 0 heterocycles. The molecule has 10 nitrogen and oxygen atoms in total. The minimum Gasteiger partial charge on any atom is -0.479 e. The Morgan fingerprint density at radius 1 is 1.12 bits per heavy atom. The van der Waals surface area contributed by atoms with E-state index in [4.69, 9.17) is 35.3 Å². The van der Waals surface area contributed by atoms with Crippen molar-refractivity contribution in [2.24, 2.45) is 0 Å². The second kappa shape index (κ2) is 6.38. The molecule has 0 aromatic heterocycles. The van der Waals surface area contributed by atoms with Gasteiger partial charge in [-0.15, -0.1) is 0 Å². The molecule has 0 fully saturated rings. The Labute approximate surface area is 94.9 Å². The van der Waals surface area contributed by atoms with Crippen LogP contribution in [-0.2, 0) is 13.9 Å². The monoisotopic (exact) mass is 276 g/mol. The van der Waals surface area contributed by atoms with Crippen LogP contribution in [0.2, 0.25) is 0 Å². The van der Waals surface area contributed by atoms with Gasteiger partial charge in [0.25, 0.3) is 0 Å². The number of hydrogen-bond acceptors (Lipinski definition) is 7. The van der Waals surface area contributed by atoms with Crippen LogP contribution in [-0.4, -0.2) is 72.3 Å². The summed E-state index contributed by atoms with van der Waals surface area (Å²) < 4.78 is 14.1. The SMILES string of the molecule is O=C(O)[C@@H](O)[C@@H](O)[C@@H](O)[C@@H](O)COP(=O)(O)O. The van der Waals surface area contributed by atoms with Gasteiger partial charge in [-0.25, -0.2) is 9.36 Å². The number of hydrogen-bond donors (Lipinski definition) is 7. The van der Waals surface area contributed by atoms with Crippen LogP contribution >= 0.6 is 7.82 Å². The van der Waals surface area contributed by atoms with E-state index in [1.54, 1.807) is 0 Å². The average molecular weight is 276 g/mol. The van der Waals surface area contributed by atoms with Crippen molar-refractivity contribution < 1.29 is 49.2 Å². The third-order valence-electron chi connectivity index (χ3n) is 1.73. The van der Waals surface area contributed by atoms with Crippen molar-refractivity contribution in [2.45, 2.75) is 24.4 Å². The zero-order valence-electron chi connectivity index (χ0n) is 8.32. The molecule has 102 valence electrons. The zero-order valence-corrected chi connectivity index (χ0v) is 9.21. The Morgan fingerprint density at radius 2 is 1.59 bits per heavy atom. The van der Waals surface area contributed by atoms with Crippen LogP contribution in [0.25, 0.3) is 0 Å². The minimum atomic E-state index is -4.86. The highest BCUT2D eigenvalue weighted by molar-refractivity contribution is 7.46. The number of phosphoric ester groups is 1. The van der Waals surface area contributed by atoms with Gasteiger partial charge in [-0.1, -0.05) is 0 Å². The lowest BCUT2D eigenvalue weighted by Crippen LogP contribution is -2.48. The van der Waals surface area contributed by atoms with E-state index in [9.17, 15) is 9.36 Å². The normalized spacial score (nSPS) is 19.4. The molecule has 0 aliphatic heterocycles. The van der Waals surface area contributed by atoms with Crippen LogP contribution in [0.3, 0.4) is 0 Å². The minimum absolute atomic E-state index is 1.05. The number of carboxylic acids is 1. The predicted octanol–water partition coefficient (Wildman–Crippen LogP) is -3.38. The van der Waals surface area contributed by atoms with Crippen molar-refractivity contribution >= 4 is 13.8 Å². The molecule has 0 unspecified atom stereocenters. The number of rotatable bonds is 7. The van der Waals surface area contributed by atoms with E-state index in [1.165, 1.54) is 0 Å². The van der Waals surface area contributed by atoms with Crippen molar-refractivity contribution in [2.75, 3.05) is 6.61 Å². The molecule has 0 bridgehead atoms. The summed E-state index contributed by atoms with van der Waals surface area (Å²) in [6, 6.07) is 0. The van der Waals surface area contributed by atoms with Crippen molar-refractivity contribution in [1.82, 2.24) is 0 Å². The molecule has 0 spiro atoms. The fraction of sp³-hybridized carbons (Fsp3) is 0.833. The number of phosphoric acid groups is 1. The summed E-state index contributed by atoms with van der Waals surface area (Å²) in [5.74, 6) is -1.83. The van der Waals surface area contributed by atoms with Gasteiger partial charge in [0, 0.05) is 0 Å². The van der Waals surface area contributed by atoms with E-state index in [-0.39, 0.29) is 0 Å². The number of carbonyl (C=O) groups is 1. The quantitative estimate of drug-likeness (QED) is 0.231. The molecule has 0 aromatic rings. The van der Waals surface area contributed by atoms with Gasteiger partial charge >= 0.3 is 13.8 Å². The molecular formula is C6H13O10P. The molecule has 0 rings (SSSR count). The summed E-state index contributed by atoms with van der Waals surface area (Å²) in [7, 11) is -4.86. The lowest BCUT2D eigenvalue weighted by Gasteiger charge is -2.24. The standard InChI is InChI=1S/C6H13O10P/c7-2(1-16-17(13,14)15)3(8)4(9)5(10)6(11)12/h2-5,7-10H,1H2,(H,11,12)(H2,13,14,15)/t2-,3-,4-,5-/m0/s1. The molecule has 0 amide bonds. The van der Waals surface area contributed by atoms with Gasteiger partial charge in [-0.3, -0.25) is 4.52 Å². The van der Waals surface area contributed by atoms with Crippen molar-refractivity contribution in [3.05, 3.63) is 0 Å². The Kier molecular flexibility index (Phi) is 6.16. The van der Waals surface area contributed by atoms with Gasteiger partial charge in [0.15, 0.2) is 6.10 Å². The maximum absolute atomic E-state index is 10.2. The second-order valence-corrected chi connectivity index (χ2v) is 4.36. The first-order valence-corrected chi connectivity index (χ1v) is 5.74. The summed E-state index contributed by atoms with van der Waals surface area (Å²) >= 11 is 0. The van der Waals surface area contributed by atoms with Crippen molar-refractivity contribution in [1.29, 1.82) is 0 Å². The summed E-state index contributed by atoms with van der Waals surface area (Å²) in [5, 5.41) is 44.4. The molecule has 0 saturated carbocycles. The molecule has 17 heavy (non-hydrogen) atoms. The average Bonchev–Trinajstić information content (AvgIpc) is 2.21. The highest BCUT2D eigenvalue weighted by Gasteiger charge is 2.35. The van der Waals surface area contributed by atoms with Gasteiger partial charge in [0.2, 0.25) is 0 Å². The van der Waals surface area contributed by atoms with E-state index in [0.29, 0.717) is 0 Å². The maximum atomic E-state index is 10.2. The fourth-order valence-corrected chi connectivity index (χ4v) is 1.18. The zero-order chi connectivity index (χ0) is 13.8. The van der Waals surface area contributed by atoms with Crippen LogP contribution in [0.15, 0.2) is 0 Å². The summed E-state index contributed by atoms with van der Waals surface area (Å²) in [5.41, 5.74) is 0. The molecule has 0 aliphatic carbocycles. The van der Waals surface area contributed by atoms with Gasteiger partial charge in [0.1, 0.15) is 18.3 Å². The topological polar surface area (TPSA) is 185 Å². The lowest BCUT2D eigenvalue weighted by atomic mass is 10.0. The van der Waals surface area contributed by atoms with E-state index in [0.717, 1.165) is 0 Å². The van der Waals surface area contributed by atoms with Crippen molar-refractivity contribution in [3.8, 4) is 0 Å². The van der Waals surface area contributed by atoms with Crippen LogP contribution in [0.5, 0.6) is 0 Å². The molecule has 0 aliphatic rings. The van der Waals surface area contributed by atoms with Crippen LogP contribution < -0.4 is 0 Å². The highest BCUT2D eigenvalue weighted by Crippen LogP contribution is 2.35. The summed E-state index contributed by atoms with van der Waals surface area (Å²) in [4.78, 5) is 26.8. The van der Waals surface area contributed by atoms with Crippen molar-refractivity contribution in [3.63, 3.8) is 0 Å². The molecule has 0 saturated heterocycles. The number of aliphatic hydroxyl groups excluding tert-OH is 4. The third kappa shape index (κ3) is 6.05. The largest absolute Gasteiger partial charge is 0.479 e. The summed E-state index contributed by atoms with van der Waals surface area (Å²) in [6.07, 6.45) is -8.71. The molecule has 0 radical (unpaired) electrons. The van der Waals surface area contributed by atoms with Crippen LogP contribution in [0, 0.1) is 0 Å². The van der Waals surface area contributed by atoms with Crippen LogP contribution in [0.4, 0.5) is 0 Å². The van der Waals surface area contributed by atoms with Gasteiger partial charge in [-0.2, -0.15) is 0 Å². The van der Waals surface area contributed by atoms with E-state index in [1.807, 2.05) is 0 Å². The Bertz CT molecular complexity index is 299. The first-order valence-electron chi connectivity index (χ1n) is 4.21. The molecular weight excluding hydrogens is 263 g/mol. The smallest absolute Gasteiger partial charge is 0.469 e. The Balaban J connectivity index is 4.34. The molecule has 7 N–H and O–H groups in total. The molecule has 4 atom stereocenters. The molecule has 0 aromatic carbocycles. The first kappa shape index (κ1) is 16.4. The molecule has 11 heteroatoms. The highest BCUT2D eigenvalue weighted by atomic mass is 31.2. The van der Waals surface area contributed by atoms with Crippen LogP contribution in [0.1, 0.15) is 0 Å². The number of carboxylic acid groups (broad SMARTS) is 1. The third-order valence-corrected chi connectivity index (χ3v) is 2.22. The second-order valence-electron chi connectivity index (χ2n) is 3.12. The first-order chi connectivity index (χ1) is 7.56.